The maximum absolute atomic E-state index is 5.77. The van der Waals surface area contributed by atoms with Gasteiger partial charge in [-0.2, -0.15) is 0 Å². The zero-order chi connectivity index (χ0) is 7.84. The van der Waals surface area contributed by atoms with Gasteiger partial charge in [-0.05, 0) is 18.2 Å². The van der Waals surface area contributed by atoms with Gasteiger partial charge in [0.15, 0.2) is 5.13 Å². The number of nitrogens with zero attached hydrogens (tertiary/aromatic N) is 1. The van der Waals surface area contributed by atoms with Crippen LogP contribution in [-0.2, 0) is 0 Å². The third-order valence-electron chi connectivity index (χ3n) is 1.37. The van der Waals surface area contributed by atoms with Gasteiger partial charge in [-0.15, -0.1) is 12.4 Å². The Bertz CT molecular complexity index is 399. The predicted molar refractivity (Wildman–Crippen MR) is 56.3 cm³/mol. The number of aromatic nitrogens is 1. The van der Waals surface area contributed by atoms with Crippen molar-refractivity contribution in [1.82, 2.24) is 4.98 Å². The highest BCUT2D eigenvalue weighted by atomic mass is 35.5. The molecule has 12 heavy (non-hydrogen) atoms. The van der Waals surface area contributed by atoms with Gasteiger partial charge >= 0.3 is 0 Å². The van der Waals surface area contributed by atoms with Gasteiger partial charge in [-0.1, -0.05) is 22.9 Å². The van der Waals surface area contributed by atoms with Crippen LogP contribution in [-0.4, -0.2) is 4.98 Å². The molecular formula is C7H6Cl2N2S. The molecule has 0 aliphatic rings. The number of nitrogens with two attached hydrogens (primary N) is 1. The van der Waals surface area contributed by atoms with Crippen LogP contribution in [0.25, 0.3) is 10.2 Å². The Hall–Kier alpha value is -0.510. The molecule has 0 unspecified atom stereocenters. The topological polar surface area (TPSA) is 38.9 Å². The first-order valence-corrected chi connectivity index (χ1v) is 4.27. The lowest BCUT2D eigenvalue weighted by molar-refractivity contribution is 1.50. The SMILES string of the molecule is Cl.Nc1nc2ccc(Cl)cc2s1. The second-order valence-corrected chi connectivity index (χ2v) is 3.66. The summed E-state index contributed by atoms with van der Waals surface area (Å²) in [7, 11) is 0. The fourth-order valence-electron chi connectivity index (χ4n) is 0.916. The Morgan fingerprint density at radius 1 is 1.42 bits per heavy atom. The molecule has 0 spiro atoms. The molecule has 2 N–H and O–H groups in total. The summed E-state index contributed by atoms with van der Waals surface area (Å²) in [6, 6.07) is 5.54. The molecule has 0 bridgehead atoms. The summed E-state index contributed by atoms with van der Waals surface area (Å²) in [5, 5.41) is 1.31. The van der Waals surface area contributed by atoms with Gasteiger partial charge in [0, 0.05) is 5.02 Å². The summed E-state index contributed by atoms with van der Waals surface area (Å²) in [5.74, 6) is 0. The standard InChI is InChI=1S/C7H5ClN2S.ClH/c8-4-1-2-5-6(3-4)11-7(9)10-5;/h1-3H,(H2,9,10);1H. The zero-order valence-electron chi connectivity index (χ0n) is 5.95. The zero-order valence-corrected chi connectivity index (χ0v) is 8.34. The van der Waals surface area contributed by atoms with Crippen LogP contribution < -0.4 is 5.73 Å². The molecule has 0 saturated carbocycles. The fraction of sp³-hybridized carbons (Fsp3) is 0. The molecule has 2 nitrogen and oxygen atoms in total. The minimum atomic E-state index is 0. The molecule has 64 valence electrons. The van der Waals surface area contributed by atoms with E-state index in [1.807, 2.05) is 18.2 Å². The van der Waals surface area contributed by atoms with Gasteiger partial charge in [-0.3, -0.25) is 0 Å². The Kier molecular flexibility index (Phi) is 2.77. The molecule has 0 atom stereocenters. The van der Waals surface area contributed by atoms with Crippen LogP contribution in [0.4, 0.5) is 5.13 Å². The first-order valence-electron chi connectivity index (χ1n) is 3.07. The number of anilines is 1. The Balaban J connectivity index is 0.000000720. The lowest BCUT2D eigenvalue weighted by atomic mass is 10.3. The first-order chi connectivity index (χ1) is 5.25. The van der Waals surface area contributed by atoms with E-state index in [4.69, 9.17) is 17.3 Å². The highest BCUT2D eigenvalue weighted by molar-refractivity contribution is 7.22. The van der Waals surface area contributed by atoms with E-state index in [0.717, 1.165) is 15.2 Å². The highest BCUT2D eigenvalue weighted by Crippen LogP contribution is 2.25. The van der Waals surface area contributed by atoms with E-state index in [-0.39, 0.29) is 12.4 Å². The number of halogens is 2. The van der Waals surface area contributed by atoms with E-state index in [1.165, 1.54) is 11.3 Å². The van der Waals surface area contributed by atoms with Crippen molar-refractivity contribution in [2.45, 2.75) is 0 Å². The third-order valence-corrected chi connectivity index (χ3v) is 2.45. The van der Waals surface area contributed by atoms with Crippen molar-refractivity contribution in [2.75, 3.05) is 5.73 Å². The monoisotopic (exact) mass is 220 g/mol. The lowest BCUT2D eigenvalue weighted by Gasteiger charge is -1.86. The molecule has 1 aromatic heterocycles. The van der Waals surface area contributed by atoms with E-state index in [9.17, 15) is 0 Å². The molecule has 1 heterocycles. The average Bonchev–Trinajstić information content (AvgIpc) is 2.27. The lowest BCUT2D eigenvalue weighted by Crippen LogP contribution is -1.78. The van der Waals surface area contributed by atoms with Crippen LogP contribution in [0, 0.1) is 0 Å². The first kappa shape index (κ1) is 9.58. The van der Waals surface area contributed by atoms with E-state index in [2.05, 4.69) is 4.98 Å². The maximum Gasteiger partial charge on any atom is 0.181 e. The minimum absolute atomic E-state index is 0. The molecule has 0 aliphatic carbocycles. The molecule has 0 aliphatic heterocycles. The number of nitrogen functional groups attached to an aromatic ring is 1. The molecule has 1 aromatic carbocycles. The Labute approximate surface area is 84.8 Å². The quantitative estimate of drug-likeness (QED) is 0.742. The van der Waals surface area contributed by atoms with Gasteiger partial charge in [0.05, 0.1) is 10.2 Å². The second-order valence-electron chi connectivity index (χ2n) is 2.16. The fourth-order valence-corrected chi connectivity index (χ4v) is 1.93. The van der Waals surface area contributed by atoms with E-state index >= 15 is 0 Å². The van der Waals surface area contributed by atoms with Crippen molar-refractivity contribution >= 4 is 50.7 Å². The molecule has 0 radical (unpaired) electrons. The van der Waals surface area contributed by atoms with Gasteiger partial charge in [0.1, 0.15) is 0 Å². The number of benzene rings is 1. The van der Waals surface area contributed by atoms with Crippen LogP contribution in [0.3, 0.4) is 0 Å². The van der Waals surface area contributed by atoms with Crippen LogP contribution in [0.5, 0.6) is 0 Å². The molecular weight excluding hydrogens is 215 g/mol. The summed E-state index contributed by atoms with van der Waals surface area (Å²) >= 11 is 7.21. The van der Waals surface area contributed by atoms with Gasteiger partial charge in [-0.25, -0.2) is 4.98 Å². The highest BCUT2D eigenvalue weighted by Gasteiger charge is 1.99. The van der Waals surface area contributed by atoms with Crippen LogP contribution >= 0.6 is 35.3 Å². The molecule has 5 heteroatoms. The van der Waals surface area contributed by atoms with E-state index < -0.39 is 0 Å². The number of hydrogen-bond donors (Lipinski definition) is 1. The van der Waals surface area contributed by atoms with Crippen molar-refractivity contribution in [3.8, 4) is 0 Å². The smallest absolute Gasteiger partial charge is 0.181 e. The largest absolute Gasteiger partial charge is 0.375 e. The normalized spacial score (nSPS) is 9.75. The van der Waals surface area contributed by atoms with Crippen molar-refractivity contribution in [2.24, 2.45) is 0 Å². The summed E-state index contributed by atoms with van der Waals surface area (Å²) in [5.41, 5.74) is 6.42. The minimum Gasteiger partial charge on any atom is -0.375 e. The molecule has 2 rings (SSSR count). The number of fused-ring (bicyclic) bond motifs is 1. The second kappa shape index (κ2) is 3.47. The van der Waals surface area contributed by atoms with Crippen molar-refractivity contribution < 1.29 is 0 Å². The van der Waals surface area contributed by atoms with Crippen molar-refractivity contribution in [3.63, 3.8) is 0 Å². The molecule has 2 aromatic rings. The predicted octanol–water partition coefficient (Wildman–Crippen LogP) is 2.95. The van der Waals surface area contributed by atoms with Gasteiger partial charge < -0.3 is 5.73 Å². The summed E-state index contributed by atoms with van der Waals surface area (Å²) in [4.78, 5) is 4.09. The number of thiazole rings is 1. The van der Waals surface area contributed by atoms with Gasteiger partial charge in [0.25, 0.3) is 0 Å². The Morgan fingerprint density at radius 3 is 2.92 bits per heavy atom. The molecule has 0 fully saturated rings. The number of rotatable bonds is 0. The summed E-state index contributed by atoms with van der Waals surface area (Å²) in [6.07, 6.45) is 0. The van der Waals surface area contributed by atoms with Crippen LogP contribution in [0.1, 0.15) is 0 Å². The van der Waals surface area contributed by atoms with Crippen molar-refractivity contribution in [3.05, 3.63) is 23.2 Å². The summed E-state index contributed by atoms with van der Waals surface area (Å²) in [6.45, 7) is 0. The number of hydrogen-bond acceptors (Lipinski definition) is 3. The Morgan fingerprint density at radius 2 is 2.17 bits per heavy atom. The third kappa shape index (κ3) is 1.63. The maximum atomic E-state index is 5.77. The average molecular weight is 221 g/mol. The van der Waals surface area contributed by atoms with E-state index in [1.54, 1.807) is 0 Å². The van der Waals surface area contributed by atoms with Crippen LogP contribution in [0.15, 0.2) is 18.2 Å². The van der Waals surface area contributed by atoms with Crippen LogP contribution in [0.2, 0.25) is 5.02 Å². The van der Waals surface area contributed by atoms with Gasteiger partial charge in [0.2, 0.25) is 0 Å². The summed E-state index contributed by atoms with van der Waals surface area (Å²) < 4.78 is 1.04. The molecule has 0 saturated heterocycles. The van der Waals surface area contributed by atoms with Crippen molar-refractivity contribution in [1.29, 1.82) is 0 Å². The molecule has 0 amide bonds. The van der Waals surface area contributed by atoms with E-state index in [0.29, 0.717) is 5.13 Å².